The van der Waals surface area contributed by atoms with Crippen LogP contribution in [-0.2, 0) is 14.3 Å². The second-order valence-electron chi connectivity index (χ2n) is 9.51. The van der Waals surface area contributed by atoms with E-state index < -0.39 is 17.2 Å². The lowest BCUT2D eigenvalue weighted by atomic mass is 9.81. The third-order valence-electron chi connectivity index (χ3n) is 6.00. The third-order valence-corrected chi connectivity index (χ3v) is 6.00. The minimum absolute atomic E-state index is 0. The summed E-state index contributed by atoms with van der Waals surface area (Å²) in [5.41, 5.74) is -1.53. The van der Waals surface area contributed by atoms with Crippen molar-refractivity contribution in [3.63, 3.8) is 0 Å². The molecule has 31 heavy (non-hydrogen) atoms. The third kappa shape index (κ3) is 7.32. The van der Waals surface area contributed by atoms with E-state index in [1.807, 2.05) is 46.8 Å². The SMILES string of the molecule is CC(C)NC12CN(C1)C(=O)OCC=CCCCCC[C@@](C)(C(=O)C(C)C)NCC2=O.S. The fourth-order valence-electron chi connectivity index (χ4n) is 4.33. The van der Waals surface area contributed by atoms with E-state index >= 15 is 0 Å². The number of nitrogens with one attached hydrogen (secondary N) is 2. The van der Waals surface area contributed by atoms with E-state index in [1.165, 1.54) is 0 Å². The Labute approximate surface area is 194 Å². The van der Waals surface area contributed by atoms with Crippen molar-refractivity contribution in [3.05, 3.63) is 12.2 Å². The number of carbonyl (C=O) groups excluding carboxylic acids is 3. The largest absolute Gasteiger partial charge is 0.445 e. The van der Waals surface area contributed by atoms with Crippen molar-refractivity contribution >= 4 is 31.2 Å². The number of nitrogens with zero attached hydrogens (tertiary/aromatic N) is 1. The van der Waals surface area contributed by atoms with Gasteiger partial charge in [-0.15, -0.1) is 0 Å². The van der Waals surface area contributed by atoms with Gasteiger partial charge < -0.3 is 9.64 Å². The standard InChI is InChI=1S/C23H39N3O4.H2S/c1-17(2)20(28)22(5)12-10-8-6-7-9-11-13-30-21(29)26-15-23(16-26,25-18(3)4)19(27)14-24-22;/h9,11,17-18,24-25H,6-8,10,12-16H2,1-5H3;1H2/t22-;/m0./s1. The van der Waals surface area contributed by atoms with Gasteiger partial charge in [0.2, 0.25) is 0 Å². The van der Waals surface area contributed by atoms with Crippen LogP contribution in [0.25, 0.3) is 0 Å². The zero-order valence-corrected chi connectivity index (χ0v) is 20.8. The molecule has 0 aromatic rings. The Morgan fingerprint density at radius 2 is 1.81 bits per heavy atom. The van der Waals surface area contributed by atoms with E-state index in [1.54, 1.807) is 4.90 Å². The van der Waals surface area contributed by atoms with Gasteiger partial charge in [-0.3, -0.25) is 20.2 Å². The van der Waals surface area contributed by atoms with E-state index in [2.05, 4.69) is 10.6 Å². The van der Waals surface area contributed by atoms with Crippen LogP contribution in [-0.4, -0.2) is 65.9 Å². The summed E-state index contributed by atoms with van der Waals surface area (Å²) >= 11 is 0. The number of ether oxygens (including phenoxy) is 1. The van der Waals surface area contributed by atoms with E-state index in [0.29, 0.717) is 6.42 Å². The molecule has 0 aliphatic carbocycles. The van der Waals surface area contributed by atoms with E-state index in [-0.39, 0.29) is 63.3 Å². The van der Waals surface area contributed by atoms with Crippen LogP contribution in [0.1, 0.15) is 66.7 Å². The van der Waals surface area contributed by atoms with Crippen LogP contribution in [0.15, 0.2) is 12.2 Å². The molecular formula is C23H41N3O4S. The Morgan fingerprint density at radius 1 is 1.13 bits per heavy atom. The summed E-state index contributed by atoms with van der Waals surface area (Å²) in [5.74, 6) is 0.0106. The zero-order valence-electron chi connectivity index (χ0n) is 19.8. The molecule has 0 saturated carbocycles. The van der Waals surface area contributed by atoms with Gasteiger partial charge >= 0.3 is 6.09 Å². The molecule has 1 atom stereocenters. The molecule has 1 amide bonds. The average Bonchev–Trinajstić information content (AvgIpc) is 2.65. The topological polar surface area (TPSA) is 87.7 Å². The zero-order chi connectivity index (χ0) is 22.4. The van der Waals surface area contributed by atoms with Crippen LogP contribution >= 0.6 is 13.5 Å². The second-order valence-corrected chi connectivity index (χ2v) is 9.51. The Hall–Kier alpha value is -1.38. The fraction of sp³-hybridized carbons (Fsp3) is 0.783. The van der Waals surface area contributed by atoms with Gasteiger partial charge in [0, 0.05) is 12.0 Å². The smallest absolute Gasteiger partial charge is 0.410 e. The minimum atomic E-state index is -0.800. The van der Waals surface area contributed by atoms with Gasteiger partial charge in [-0.2, -0.15) is 13.5 Å². The Morgan fingerprint density at radius 3 is 2.42 bits per heavy atom. The first-order valence-electron chi connectivity index (χ1n) is 11.3. The number of ketones is 2. The number of hydrogen-bond acceptors (Lipinski definition) is 6. The molecule has 1 fully saturated rings. The molecule has 7 nitrogen and oxygen atoms in total. The van der Waals surface area contributed by atoms with Crippen molar-refractivity contribution in [3.8, 4) is 0 Å². The summed E-state index contributed by atoms with van der Waals surface area (Å²) in [7, 11) is 0. The highest BCUT2D eigenvalue weighted by atomic mass is 32.1. The van der Waals surface area contributed by atoms with Crippen molar-refractivity contribution in [2.75, 3.05) is 26.2 Å². The number of carbonyl (C=O) groups is 3. The predicted molar refractivity (Wildman–Crippen MR) is 128 cm³/mol. The molecule has 2 N–H and O–H groups in total. The first kappa shape index (κ1) is 27.7. The summed E-state index contributed by atoms with van der Waals surface area (Å²) < 4.78 is 5.29. The fourth-order valence-corrected chi connectivity index (χ4v) is 4.33. The van der Waals surface area contributed by atoms with Crippen molar-refractivity contribution in [2.45, 2.75) is 83.8 Å². The maximum Gasteiger partial charge on any atom is 0.410 e. The highest BCUT2D eigenvalue weighted by Gasteiger charge is 2.51. The van der Waals surface area contributed by atoms with Gasteiger partial charge in [-0.05, 0) is 40.0 Å². The van der Waals surface area contributed by atoms with Crippen LogP contribution in [0.5, 0.6) is 0 Å². The maximum absolute atomic E-state index is 13.2. The summed E-state index contributed by atoms with van der Waals surface area (Å²) in [5, 5.41) is 6.65. The average molecular weight is 456 g/mol. The molecule has 3 aliphatic rings. The maximum atomic E-state index is 13.2. The van der Waals surface area contributed by atoms with E-state index in [4.69, 9.17) is 4.74 Å². The summed E-state index contributed by atoms with van der Waals surface area (Å²) in [6.45, 7) is 10.6. The van der Waals surface area contributed by atoms with Crippen LogP contribution in [0.2, 0.25) is 0 Å². The minimum Gasteiger partial charge on any atom is -0.445 e. The van der Waals surface area contributed by atoms with Crippen molar-refractivity contribution in [1.82, 2.24) is 15.5 Å². The van der Waals surface area contributed by atoms with Gasteiger partial charge in [-0.1, -0.05) is 38.8 Å². The number of allylic oxidation sites excluding steroid dienone is 1. The molecule has 0 radical (unpaired) electrons. The Balaban J connectivity index is 0.00000480. The molecular weight excluding hydrogens is 414 g/mol. The Bertz CT molecular complexity index is 659. The van der Waals surface area contributed by atoms with Gasteiger partial charge in [-0.25, -0.2) is 4.79 Å². The lowest BCUT2D eigenvalue weighted by Crippen LogP contribution is -2.76. The van der Waals surface area contributed by atoms with E-state index in [0.717, 1.165) is 25.7 Å². The number of rotatable bonds is 4. The summed E-state index contributed by atoms with van der Waals surface area (Å²) in [6, 6.07) is 0.0906. The quantitative estimate of drug-likeness (QED) is 0.634. The van der Waals surface area contributed by atoms with Crippen molar-refractivity contribution in [2.24, 2.45) is 5.92 Å². The van der Waals surface area contributed by atoms with Crippen LogP contribution < -0.4 is 10.6 Å². The molecule has 3 rings (SSSR count). The number of Topliss-reactive ketones (excluding diaryl/α,β-unsaturated/α-hetero) is 2. The molecule has 8 heteroatoms. The number of fused-ring (bicyclic) bond motifs is 12. The van der Waals surface area contributed by atoms with Gasteiger partial charge in [0.15, 0.2) is 11.6 Å². The molecule has 1 saturated heterocycles. The first-order chi connectivity index (χ1) is 14.1. The lowest BCUT2D eigenvalue weighted by molar-refractivity contribution is -0.133. The van der Waals surface area contributed by atoms with E-state index in [9.17, 15) is 14.4 Å². The molecule has 3 aliphatic heterocycles. The normalized spacial score (nSPS) is 28.5. The predicted octanol–water partition coefficient (Wildman–Crippen LogP) is 2.95. The van der Waals surface area contributed by atoms with Crippen molar-refractivity contribution in [1.29, 1.82) is 0 Å². The number of hydrogen-bond donors (Lipinski definition) is 2. The van der Waals surface area contributed by atoms with Crippen molar-refractivity contribution < 1.29 is 19.1 Å². The second kappa shape index (κ2) is 12.0. The Kier molecular flexibility index (Phi) is 10.7. The lowest BCUT2D eigenvalue weighted by Gasteiger charge is -2.49. The first-order valence-corrected chi connectivity index (χ1v) is 11.3. The van der Waals surface area contributed by atoms with Gasteiger partial charge in [0.05, 0.1) is 25.2 Å². The summed E-state index contributed by atoms with van der Waals surface area (Å²) in [4.78, 5) is 40.0. The summed E-state index contributed by atoms with van der Waals surface area (Å²) in [6.07, 6.45) is 8.08. The van der Waals surface area contributed by atoms with Crippen LogP contribution in [0, 0.1) is 5.92 Å². The van der Waals surface area contributed by atoms with Gasteiger partial charge in [0.1, 0.15) is 12.1 Å². The van der Waals surface area contributed by atoms with Gasteiger partial charge in [0.25, 0.3) is 0 Å². The molecule has 0 unspecified atom stereocenters. The molecule has 2 bridgehead atoms. The molecule has 178 valence electrons. The van der Waals surface area contributed by atoms with Crippen LogP contribution in [0.4, 0.5) is 4.79 Å². The highest BCUT2D eigenvalue weighted by molar-refractivity contribution is 7.59. The highest BCUT2D eigenvalue weighted by Crippen LogP contribution is 2.26. The van der Waals surface area contributed by atoms with Crippen LogP contribution in [0.3, 0.4) is 0 Å². The molecule has 0 spiro atoms. The monoisotopic (exact) mass is 455 g/mol. The molecule has 0 aromatic carbocycles. The molecule has 0 aromatic heterocycles. The number of amides is 1. The molecule has 3 heterocycles.